The Balaban J connectivity index is 1.94. The molecule has 1 aliphatic rings. The first-order valence-corrected chi connectivity index (χ1v) is 9.25. The van der Waals surface area contributed by atoms with Crippen molar-refractivity contribution in [2.75, 3.05) is 25.1 Å². The zero-order valence-electron chi connectivity index (χ0n) is 17.2. The van der Waals surface area contributed by atoms with E-state index in [1.807, 2.05) is 0 Å². The van der Waals surface area contributed by atoms with E-state index in [9.17, 15) is 29.7 Å². The van der Waals surface area contributed by atoms with Crippen LogP contribution < -0.4 is 11.0 Å². The lowest BCUT2D eigenvalue weighted by atomic mass is 9.96. The Morgan fingerprint density at radius 1 is 1.33 bits per heavy atom. The van der Waals surface area contributed by atoms with Crippen LogP contribution in [0.4, 0.5) is 10.6 Å². The Morgan fingerprint density at radius 2 is 1.97 bits per heavy atom. The Bertz CT molecular complexity index is 831. The maximum Gasteiger partial charge on any atom is 0.412 e. The van der Waals surface area contributed by atoms with Gasteiger partial charge < -0.3 is 29.5 Å². The van der Waals surface area contributed by atoms with Gasteiger partial charge >= 0.3 is 17.8 Å². The number of nitrogens with zero attached hydrogens (tertiary/aromatic N) is 2. The van der Waals surface area contributed by atoms with E-state index in [1.165, 1.54) is 19.2 Å². The number of carbonyl (C=O) groups excluding carboxylic acids is 2. The van der Waals surface area contributed by atoms with Crippen molar-refractivity contribution in [3.63, 3.8) is 0 Å². The molecule has 0 aliphatic carbocycles. The van der Waals surface area contributed by atoms with Gasteiger partial charge in [-0.15, -0.1) is 0 Å². The van der Waals surface area contributed by atoms with Crippen molar-refractivity contribution >= 4 is 17.9 Å². The van der Waals surface area contributed by atoms with Crippen molar-refractivity contribution in [2.45, 2.75) is 51.7 Å². The van der Waals surface area contributed by atoms with Gasteiger partial charge in [-0.1, -0.05) is 0 Å². The van der Waals surface area contributed by atoms with Crippen LogP contribution in [-0.2, 0) is 19.0 Å². The smallest absolute Gasteiger partial charge is 0.412 e. The van der Waals surface area contributed by atoms with Gasteiger partial charge in [0, 0.05) is 6.20 Å². The molecule has 2 rings (SSSR count). The Labute approximate surface area is 172 Å². The number of rotatable bonds is 6. The highest BCUT2D eigenvalue weighted by atomic mass is 16.6. The summed E-state index contributed by atoms with van der Waals surface area (Å²) in [6, 6.07) is 1.26. The largest absolute Gasteiger partial charge is 0.462 e. The third-order valence-electron chi connectivity index (χ3n) is 4.41. The summed E-state index contributed by atoms with van der Waals surface area (Å²) < 4.78 is 16.1. The molecule has 0 radical (unpaired) electrons. The highest BCUT2D eigenvalue weighted by Crippen LogP contribution is 2.37. The van der Waals surface area contributed by atoms with Crippen LogP contribution in [0.15, 0.2) is 17.1 Å². The van der Waals surface area contributed by atoms with E-state index in [0.29, 0.717) is 0 Å². The topological polar surface area (TPSA) is 169 Å². The molecule has 168 valence electrons. The summed E-state index contributed by atoms with van der Waals surface area (Å²) in [4.78, 5) is 39.3. The summed E-state index contributed by atoms with van der Waals surface area (Å²) in [5.41, 5.74) is -3.39. The molecular formula is C18H27N3O9. The van der Waals surface area contributed by atoms with Gasteiger partial charge in [-0.3, -0.25) is 14.7 Å². The Hall–Kier alpha value is -2.54. The van der Waals surface area contributed by atoms with E-state index in [-0.39, 0.29) is 19.0 Å². The molecule has 4 atom stereocenters. The first-order valence-electron chi connectivity index (χ1n) is 9.25. The molecule has 1 saturated heterocycles. The number of aromatic nitrogens is 2. The molecule has 4 N–H and O–H groups in total. The lowest BCUT2D eigenvalue weighted by Crippen LogP contribution is -2.46. The highest BCUT2D eigenvalue weighted by molar-refractivity contribution is 5.83. The summed E-state index contributed by atoms with van der Waals surface area (Å²) >= 11 is 0. The fourth-order valence-electron chi connectivity index (χ4n) is 2.68. The van der Waals surface area contributed by atoms with Crippen LogP contribution >= 0.6 is 0 Å². The van der Waals surface area contributed by atoms with E-state index >= 15 is 0 Å². The van der Waals surface area contributed by atoms with Crippen LogP contribution in [0.5, 0.6) is 0 Å². The normalized spacial score (nSPS) is 26.3. The number of ether oxygens (including phenoxy) is 3. The second-order valence-corrected chi connectivity index (χ2v) is 8.03. The standard InChI is InChI=1S/C18H27N3O9/c1-17(2,3)14(24)28-7-8-29-16(26)20-11-5-6-21(15(25)19-11)13-18(4,27)12(23)10(9-22)30-13/h5-6,10,12-13,22-23,27H,7-9H2,1-4H3,(H,19,20,25,26)/t10-,12-,13-,18-/m1/s1. The fraction of sp³-hybridized carbons (Fsp3) is 0.667. The summed E-state index contributed by atoms with van der Waals surface area (Å²) in [5.74, 6) is -0.555. The zero-order chi connectivity index (χ0) is 22.7. The number of hydrogen-bond acceptors (Lipinski definition) is 10. The third kappa shape index (κ3) is 5.33. The number of amides is 1. The van der Waals surface area contributed by atoms with Gasteiger partial charge in [-0.05, 0) is 33.8 Å². The minimum absolute atomic E-state index is 0.121. The molecular weight excluding hydrogens is 402 g/mol. The molecule has 0 spiro atoms. The number of hydrogen-bond donors (Lipinski definition) is 4. The van der Waals surface area contributed by atoms with Crippen LogP contribution in [0, 0.1) is 5.41 Å². The minimum atomic E-state index is -1.85. The van der Waals surface area contributed by atoms with Crippen LogP contribution in [-0.4, -0.2) is 74.6 Å². The van der Waals surface area contributed by atoms with Crippen molar-refractivity contribution in [3.8, 4) is 0 Å². The molecule has 2 heterocycles. The second kappa shape index (κ2) is 9.08. The lowest BCUT2D eigenvalue weighted by molar-refractivity contribution is -0.153. The van der Waals surface area contributed by atoms with Gasteiger partial charge in [0.2, 0.25) is 0 Å². The molecule has 0 unspecified atom stereocenters. The van der Waals surface area contributed by atoms with Gasteiger partial charge in [0.1, 0.15) is 36.8 Å². The summed E-state index contributed by atoms with van der Waals surface area (Å²) in [6.07, 6.45) is -3.48. The Kier molecular flexibility index (Phi) is 7.18. The quantitative estimate of drug-likeness (QED) is 0.338. The van der Waals surface area contributed by atoms with E-state index < -0.39 is 53.8 Å². The van der Waals surface area contributed by atoms with Crippen molar-refractivity contribution < 1.29 is 39.1 Å². The van der Waals surface area contributed by atoms with Crippen LogP contribution in [0.1, 0.15) is 33.9 Å². The monoisotopic (exact) mass is 429 g/mol. The van der Waals surface area contributed by atoms with Crippen LogP contribution in [0.3, 0.4) is 0 Å². The van der Waals surface area contributed by atoms with E-state index in [2.05, 4.69) is 10.3 Å². The predicted octanol–water partition coefficient (Wildman–Crippen LogP) is -0.617. The van der Waals surface area contributed by atoms with Crippen molar-refractivity contribution in [3.05, 3.63) is 22.7 Å². The van der Waals surface area contributed by atoms with Crippen LogP contribution in [0.25, 0.3) is 0 Å². The predicted molar refractivity (Wildman–Crippen MR) is 102 cm³/mol. The molecule has 0 saturated carbocycles. The molecule has 12 nitrogen and oxygen atoms in total. The average molecular weight is 429 g/mol. The fourth-order valence-corrected chi connectivity index (χ4v) is 2.68. The molecule has 30 heavy (non-hydrogen) atoms. The van der Waals surface area contributed by atoms with Gasteiger partial charge in [-0.2, -0.15) is 4.98 Å². The SMILES string of the molecule is CC(C)(C)C(=O)OCCOC(=O)Nc1ccn([C@@H]2O[C@H](CO)[C@@H](O)[C@@]2(C)O)c(=O)n1. The molecule has 0 aromatic carbocycles. The molecule has 1 aromatic heterocycles. The van der Waals surface area contributed by atoms with Crippen molar-refractivity contribution in [1.29, 1.82) is 0 Å². The lowest BCUT2D eigenvalue weighted by Gasteiger charge is -2.27. The molecule has 1 fully saturated rings. The number of esters is 1. The van der Waals surface area contributed by atoms with Gasteiger partial charge in [-0.25, -0.2) is 9.59 Å². The number of nitrogens with one attached hydrogen (secondary N) is 1. The van der Waals surface area contributed by atoms with E-state index in [4.69, 9.17) is 14.2 Å². The van der Waals surface area contributed by atoms with E-state index in [1.54, 1.807) is 20.8 Å². The summed E-state index contributed by atoms with van der Waals surface area (Å²) in [7, 11) is 0. The van der Waals surface area contributed by atoms with Gasteiger partial charge in [0.05, 0.1) is 12.0 Å². The highest BCUT2D eigenvalue weighted by Gasteiger charge is 2.53. The summed E-state index contributed by atoms with van der Waals surface area (Å²) in [6.45, 7) is 5.48. The van der Waals surface area contributed by atoms with Gasteiger partial charge in [0.15, 0.2) is 6.23 Å². The Morgan fingerprint density at radius 3 is 2.50 bits per heavy atom. The first-order chi connectivity index (χ1) is 13.9. The van der Waals surface area contributed by atoms with Crippen molar-refractivity contribution in [2.24, 2.45) is 5.41 Å². The zero-order valence-corrected chi connectivity index (χ0v) is 17.2. The maximum absolute atomic E-state index is 12.3. The molecule has 1 amide bonds. The molecule has 1 aromatic rings. The number of aliphatic hydroxyl groups is 3. The van der Waals surface area contributed by atoms with E-state index in [0.717, 1.165) is 4.57 Å². The number of anilines is 1. The minimum Gasteiger partial charge on any atom is -0.462 e. The molecule has 12 heteroatoms. The number of carbonyl (C=O) groups is 2. The van der Waals surface area contributed by atoms with Crippen LogP contribution in [0.2, 0.25) is 0 Å². The molecule has 1 aliphatic heterocycles. The summed E-state index contributed by atoms with van der Waals surface area (Å²) in [5, 5.41) is 31.9. The molecule has 0 bridgehead atoms. The van der Waals surface area contributed by atoms with Crippen molar-refractivity contribution in [1.82, 2.24) is 9.55 Å². The average Bonchev–Trinajstić information content (AvgIpc) is 2.87. The second-order valence-electron chi connectivity index (χ2n) is 8.03. The number of aliphatic hydroxyl groups excluding tert-OH is 2. The van der Waals surface area contributed by atoms with Gasteiger partial charge in [0.25, 0.3) is 0 Å². The first kappa shape index (κ1) is 23.7. The maximum atomic E-state index is 12.3. The third-order valence-corrected chi connectivity index (χ3v) is 4.41.